The second-order valence-electron chi connectivity index (χ2n) is 5.04. The molecule has 0 unspecified atom stereocenters. The fourth-order valence-corrected chi connectivity index (χ4v) is 2.78. The monoisotopic (exact) mass is 224 g/mol. The van der Waals surface area contributed by atoms with Crippen LogP contribution in [0.15, 0.2) is 30.3 Å². The summed E-state index contributed by atoms with van der Waals surface area (Å²) >= 11 is 0. The van der Waals surface area contributed by atoms with Gasteiger partial charge in [-0.2, -0.15) is 0 Å². The molecular weight excluding hydrogens is 204 g/mol. The first-order valence-electron chi connectivity index (χ1n) is 6.15. The Bertz CT molecular complexity index is 519. The molecule has 0 N–H and O–H groups in total. The van der Waals surface area contributed by atoms with Crippen LogP contribution < -0.4 is 0 Å². The standard InChI is InChI=1S/C17H20/c1-11-9-14(4)17(15(5)10-11)16-12(2)7-6-8-13(16)3/h6-10H,1-5H3. The first-order chi connectivity index (χ1) is 8.00. The molecule has 0 amide bonds. The fraction of sp³-hybridized carbons (Fsp3) is 0.294. The van der Waals surface area contributed by atoms with Gasteiger partial charge in [-0.05, 0) is 68.0 Å². The Hall–Kier alpha value is -1.56. The maximum absolute atomic E-state index is 2.27. The van der Waals surface area contributed by atoms with Crippen molar-refractivity contribution in [2.75, 3.05) is 0 Å². The van der Waals surface area contributed by atoms with Crippen LogP contribution >= 0.6 is 0 Å². The zero-order valence-corrected chi connectivity index (χ0v) is 11.4. The zero-order valence-electron chi connectivity index (χ0n) is 11.4. The molecule has 0 heterocycles. The first kappa shape index (κ1) is 11.9. The van der Waals surface area contributed by atoms with Crippen molar-refractivity contribution in [1.82, 2.24) is 0 Å². The van der Waals surface area contributed by atoms with Gasteiger partial charge in [0.1, 0.15) is 0 Å². The summed E-state index contributed by atoms with van der Waals surface area (Å²) in [6.07, 6.45) is 0. The van der Waals surface area contributed by atoms with Gasteiger partial charge in [0.15, 0.2) is 0 Å². The third kappa shape index (κ3) is 2.12. The maximum atomic E-state index is 2.27. The molecule has 0 heteroatoms. The summed E-state index contributed by atoms with van der Waals surface area (Å²) in [6.45, 7) is 11.0. The summed E-state index contributed by atoms with van der Waals surface area (Å²) in [6, 6.07) is 11.1. The predicted octanol–water partition coefficient (Wildman–Crippen LogP) is 4.90. The quantitative estimate of drug-likeness (QED) is 0.646. The molecule has 0 bridgehead atoms. The van der Waals surface area contributed by atoms with Crippen LogP contribution in [0.1, 0.15) is 27.8 Å². The second kappa shape index (κ2) is 4.37. The molecule has 2 aromatic carbocycles. The Kier molecular flexibility index (Phi) is 3.06. The van der Waals surface area contributed by atoms with E-state index in [1.54, 1.807) is 0 Å². The molecule has 0 aliphatic heterocycles. The highest BCUT2D eigenvalue weighted by Crippen LogP contribution is 2.33. The van der Waals surface area contributed by atoms with Crippen LogP contribution in [0.5, 0.6) is 0 Å². The van der Waals surface area contributed by atoms with Crippen molar-refractivity contribution in [3.63, 3.8) is 0 Å². The van der Waals surface area contributed by atoms with Gasteiger partial charge in [-0.1, -0.05) is 35.9 Å². The van der Waals surface area contributed by atoms with Crippen molar-refractivity contribution in [3.05, 3.63) is 58.1 Å². The minimum atomic E-state index is 1.34. The topological polar surface area (TPSA) is 0 Å². The number of benzene rings is 2. The molecule has 17 heavy (non-hydrogen) atoms. The summed E-state index contributed by atoms with van der Waals surface area (Å²) in [4.78, 5) is 0. The summed E-state index contributed by atoms with van der Waals surface area (Å²) in [5, 5.41) is 0. The van der Waals surface area contributed by atoms with E-state index in [0.29, 0.717) is 0 Å². The summed E-state index contributed by atoms with van der Waals surface area (Å²) in [7, 11) is 0. The molecule has 88 valence electrons. The molecule has 0 saturated carbocycles. The van der Waals surface area contributed by atoms with Crippen LogP contribution in [0.3, 0.4) is 0 Å². The third-order valence-corrected chi connectivity index (χ3v) is 3.41. The SMILES string of the molecule is Cc1cc(C)c(-c2c(C)cccc2C)c(C)c1. The third-order valence-electron chi connectivity index (χ3n) is 3.41. The number of hydrogen-bond donors (Lipinski definition) is 0. The highest BCUT2D eigenvalue weighted by atomic mass is 14.1. The van der Waals surface area contributed by atoms with E-state index >= 15 is 0 Å². The normalized spacial score (nSPS) is 10.6. The zero-order chi connectivity index (χ0) is 12.6. The van der Waals surface area contributed by atoms with Gasteiger partial charge in [-0.3, -0.25) is 0 Å². The van der Waals surface area contributed by atoms with Crippen molar-refractivity contribution in [2.24, 2.45) is 0 Å². The van der Waals surface area contributed by atoms with Crippen LogP contribution in [-0.2, 0) is 0 Å². The molecule has 2 aromatic rings. The predicted molar refractivity (Wildman–Crippen MR) is 75.6 cm³/mol. The van der Waals surface area contributed by atoms with Gasteiger partial charge in [-0.25, -0.2) is 0 Å². The highest BCUT2D eigenvalue weighted by Gasteiger charge is 2.11. The van der Waals surface area contributed by atoms with E-state index in [1.165, 1.54) is 38.9 Å². The van der Waals surface area contributed by atoms with E-state index in [1.807, 2.05) is 0 Å². The molecule has 0 aromatic heterocycles. The van der Waals surface area contributed by atoms with Gasteiger partial charge in [0.05, 0.1) is 0 Å². The van der Waals surface area contributed by atoms with E-state index in [0.717, 1.165) is 0 Å². The van der Waals surface area contributed by atoms with Gasteiger partial charge in [0.2, 0.25) is 0 Å². The van der Waals surface area contributed by atoms with Crippen molar-refractivity contribution in [1.29, 1.82) is 0 Å². The second-order valence-corrected chi connectivity index (χ2v) is 5.04. The maximum Gasteiger partial charge on any atom is -0.0120 e. The number of aryl methyl sites for hydroxylation is 5. The van der Waals surface area contributed by atoms with Gasteiger partial charge < -0.3 is 0 Å². The molecule has 0 aliphatic carbocycles. The largest absolute Gasteiger partial charge is 0.0617 e. The molecule has 0 nitrogen and oxygen atoms in total. The van der Waals surface area contributed by atoms with Crippen molar-refractivity contribution >= 4 is 0 Å². The Balaban J connectivity index is 2.77. The van der Waals surface area contributed by atoms with Gasteiger partial charge in [0, 0.05) is 0 Å². The fourth-order valence-electron chi connectivity index (χ4n) is 2.78. The number of hydrogen-bond acceptors (Lipinski definition) is 0. The average Bonchev–Trinajstić information content (AvgIpc) is 2.21. The smallest absolute Gasteiger partial charge is 0.0120 e. The van der Waals surface area contributed by atoms with E-state index < -0.39 is 0 Å². The van der Waals surface area contributed by atoms with Crippen molar-refractivity contribution in [3.8, 4) is 11.1 Å². The average molecular weight is 224 g/mol. The lowest BCUT2D eigenvalue weighted by molar-refractivity contribution is 1.29. The van der Waals surface area contributed by atoms with Crippen LogP contribution in [-0.4, -0.2) is 0 Å². The Morgan fingerprint density at radius 2 is 1.00 bits per heavy atom. The van der Waals surface area contributed by atoms with Crippen LogP contribution in [0.4, 0.5) is 0 Å². The van der Waals surface area contributed by atoms with Crippen molar-refractivity contribution in [2.45, 2.75) is 34.6 Å². The van der Waals surface area contributed by atoms with E-state index in [-0.39, 0.29) is 0 Å². The molecule has 2 rings (SSSR count). The molecule has 0 spiro atoms. The Morgan fingerprint density at radius 3 is 1.47 bits per heavy atom. The molecule has 0 fully saturated rings. The Morgan fingerprint density at radius 1 is 0.588 bits per heavy atom. The minimum Gasteiger partial charge on any atom is -0.0617 e. The van der Waals surface area contributed by atoms with E-state index in [2.05, 4.69) is 65.0 Å². The lowest BCUT2D eigenvalue weighted by Gasteiger charge is -2.16. The molecule has 0 radical (unpaired) electrons. The van der Waals surface area contributed by atoms with Crippen LogP contribution in [0.25, 0.3) is 11.1 Å². The summed E-state index contributed by atoms with van der Waals surface area (Å²) < 4.78 is 0. The summed E-state index contributed by atoms with van der Waals surface area (Å²) in [5.41, 5.74) is 9.63. The lowest BCUT2D eigenvalue weighted by atomic mass is 9.88. The first-order valence-corrected chi connectivity index (χ1v) is 6.15. The molecule has 0 atom stereocenters. The molecule has 0 saturated heterocycles. The molecule has 0 aliphatic rings. The van der Waals surface area contributed by atoms with Crippen LogP contribution in [0, 0.1) is 34.6 Å². The van der Waals surface area contributed by atoms with Crippen LogP contribution in [0.2, 0.25) is 0 Å². The van der Waals surface area contributed by atoms with Gasteiger partial charge in [0.25, 0.3) is 0 Å². The van der Waals surface area contributed by atoms with E-state index in [9.17, 15) is 0 Å². The number of rotatable bonds is 1. The highest BCUT2D eigenvalue weighted by molar-refractivity contribution is 5.76. The van der Waals surface area contributed by atoms with Gasteiger partial charge >= 0.3 is 0 Å². The minimum absolute atomic E-state index is 1.34. The summed E-state index contributed by atoms with van der Waals surface area (Å²) in [5.74, 6) is 0. The lowest BCUT2D eigenvalue weighted by Crippen LogP contribution is -1.94. The Labute approximate surface area is 104 Å². The van der Waals surface area contributed by atoms with Crippen molar-refractivity contribution < 1.29 is 0 Å². The molecular formula is C17H20. The van der Waals surface area contributed by atoms with Gasteiger partial charge in [-0.15, -0.1) is 0 Å². The van der Waals surface area contributed by atoms with E-state index in [4.69, 9.17) is 0 Å².